The van der Waals surface area contributed by atoms with Crippen molar-refractivity contribution in [1.29, 1.82) is 0 Å². The number of amides is 2. The Balaban J connectivity index is 1.41. The van der Waals surface area contributed by atoms with Crippen LogP contribution in [0.4, 0.5) is 5.69 Å². The van der Waals surface area contributed by atoms with Crippen molar-refractivity contribution in [3.63, 3.8) is 0 Å². The molecular weight excluding hydrogens is 370 g/mol. The summed E-state index contributed by atoms with van der Waals surface area (Å²) in [7, 11) is 0. The molecule has 2 aromatic carbocycles. The Kier molecular flexibility index (Phi) is 5.08. The number of hydrogen-bond donors (Lipinski definition) is 0. The Bertz CT molecular complexity index is 968. The van der Waals surface area contributed by atoms with Crippen LogP contribution in [0.3, 0.4) is 0 Å². The molecule has 0 aromatic heterocycles. The van der Waals surface area contributed by atoms with E-state index in [1.54, 1.807) is 42.5 Å². The zero-order valence-electron chi connectivity index (χ0n) is 15.6. The molecule has 6 nitrogen and oxygen atoms in total. The van der Waals surface area contributed by atoms with Crippen LogP contribution in [0.25, 0.3) is 0 Å². The van der Waals surface area contributed by atoms with Gasteiger partial charge < -0.3 is 4.74 Å². The summed E-state index contributed by atoms with van der Waals surface area (Å²) in [6.07, 6.45) is 5.02. The summed E-state index contributed by atoms with van der Waals surface area (Å²) in [6.45, 7) is -0.357. The van der Waals surface area contributed by atoms with E-state index < -0.39 is 5.97 Å². The van der Waals surface area contributed by atoms with Crippen molar-refractivity contribution < 1.29 is 23.9 Å². The van der Waals surface area contributed by atoms with Crippen LogP contribution in [-0.2, 0) is 14.3 Å². The molecule has 0 spiro atoms. The first kappa shape index (κ1) is 18.8. The minimum atomic E-state index is -0.641. The van der Waals surface area contributed by atoms with Gasteiger partial charge in [-0.15, -0.1) is 0 Å². The van der Waals surface area contributed by atoms with Crippen molar-refractivity contribution in [3.8, 4) is 0 Å². The average Bonchev–Trinajstić information content (AvgIpc) is 3.03. The first-order valence-electron chi connectivity index (χ1n) is 9.44. The lowest BCUT2D eigenvalue weighted by molar-refractivity contribution is -0.122. The van der Waals surface area contributed by atoms with Crippen LogP contribution in [0.2, 0.25) is 0 Å². The molecule has 146 valence electrons. The van der Waals surface area contributed by atoms with Crippen LogP contribution in [0, 0.1) is 11.8 Å². The number of hydrogen-bond acceptors (Lipinski definition) is 5. The largest absolute Gasteiger partial charge is 0.454 e. The summed E-state index contributed by atoms with van der Waals surface area (Å²) in [5.41, 5.74) is 1.15. The van der Waals surface area contributed by atoms with Gasteiger partial charge >= 0.3 is 5.97 Å². The number of carbonyl (C=O) groups is 4. The van der Waals surface area contributed by atoms with Gasteiger partial charge in [0.2, 0.25) is 11.8 Å². The van der Waals surface area contributed by atoms with Gasteiger partial charge in [0.1, 0.15) is 0 Å². The zero-order valence-corrected chi connectivity index (χ0v) is 15.6. The summed E-state index contributed by atoms with van der Waals surface area (Å²) < 4.78 is 5.08. The fourth-order valence-corrected chi connectivity index (χ4v) is 3.72. The smallest absolute Gasteiger partial charge is 0.338 e. The van der Waals surface area contributed by atoms with Crippen molar-refractivity contribution in [2.45, 2.75) is 12.8 Å². The first-order chi connectivity index (χ1) is 14.1. The van der Waals surface area contributed by atoms with E-state index in [4.69, 9.17) is 4.74 Å². The van der Waals surface area contributed by atoms with Gasteiger partial charge in [0.05, 0.1) is 23.1 Å². The highest BCUT2D eigenvalue weighted by atomic mass is 16.5. The van der Waals surface area contributed by atoms with Gasteiger partial charge in [0, 0.05) is 5.56 Å². The number of carbonyl (C=O) groups excluding carboxylic acids is 4. The lowest BCUT2D eigenvalue weighted by atomic mass is 9.85. The summed E-state index contributed by atoms with van der Waals surface area (Å²) in [6, 6.07) is 14.7. The molecule has 0 saturated carbocycles. The highest BCUT2D eigenvalue weighted by Crippen LogP contribution is 2.37. The van der Waals surface area contributed by atoms with Crippen molar-refractivity contribution in [3.05, 3.63) is 77.9 Å². The van der Waals surface area contributed by atoms with Crippen molar-refractivity contribution in [2.75, 3.05) is 11.5 Å². The first-order valence-corrected chi connectivity index (χ1v) is 9.44. The van der Waals surface area contributed by atoms with E-state index in [9.17, 15) is 19.2 Å². The third kappa shape index (κ3) is 3.61. The lowest BCUT2D eigenvalue weighted by Crippen LogP contribution is -2.30. The monoisotopic (exact) mass is 389 g/mol. The van der Waals surface area contributed by atoms with Crippen molar-refractivity contribution in [2.24, 2.45) is 11.8 Å². The Hall–Kier alpha value is -3.54. The van der Waals surface area contributed by atoms with E-state index in [1.807, 2.05) is 12.2 Å². The molecular formula is C23H19NO5. The second-order valence-corrected chi connectivity index (χ2v) is 7.08. The number of esters is 1. The molecule has 0 unspecified atom stereocenters. The van der Waals surface area contributed by atoms with E-state index in [0.29, 0.717) is 24.1 Å². The van der Waals surface area contributed by atoms with Crippen LogP contribution >= 0.6 is 0 Å². The Morgan fingerprint density at radius 3 is 2.00 bits per heavy atom. The number of rotatable bonds is 5. The van der Waals surface area contributed by atoms with Gasteiger partial charge in [-0.3, -0.25) is 19.3 Å². The summed E-state index contributed by atoms with van der Waals surface area (Å²) in [5, 5.41) is 0. The molecule has 29 heavy (non-hydrogen) atoms. The fourth-order valence-electron chi connectivity index (χ4n) is 3.72. The number of imide groups is 1. The number of nitrogens with zero attached hydrogens (tertiary/aromatic N) is 1. The molecule has 2 aliphatic rings. The van der Waals surface area contributed by atoms with Gasteiger partial charge in [-0.05, 0) is 37.1 Å². The molecule has 1 heterocycles. The van der Waals surface area contributed by atoms with Crippen LogP contribution in [0.1, 0.15) is 33.6 Å². The Morgan fingerprint density at radius 1 is 0.828 bits per heavy atom. The number of benzene rings is 2. The van der Waals surface area contributed by atoms with E-state index in [0.717, 1.165) is 0 Å². The fraction of sp³-hybridized carbons (Fsp3) is 0.217. The SMILES string of the molecule is O=C(COC(=O)c1ccc(N2C(=O)[C@H]3CC=CC[C@H]3C2=O)cc1)c1ccccc1. The molecule has 0 bridgehead atoms. The molecule has 1 fully saturated rings. The normalized spacial score (nSPS) is 20.5. The predicted octanol–water partition coefficient (Wildman–Crippen LogP) is 3.18. The molecule has 4 rings (SSSR count). The molecule has 2 amide bonds. The van der Waals surface area contributed by atoms with Crippen molar-refractivity contribution in [1.82, 2.24) is 0 Å². The standard InChI is InChI=1S/C23H19NO5/c25-20(15-6-2-1-3-7-15)14-29-23(28)16-10-12-17(13-11-16)24-21(26)18-8-4-5-9-19(18)22(24)27/h1-7,10-13,18-19H,8-9,14H2/t18-,19+. The Labute approximate surface area is 167 Å². The predicted molar refractivity (Wildman–Crippen MR) is 105 cm³/mol. The topological polar surface area (TPSA) is 80.8 Å². The van der Waals surface area contributed by atoms with Crippen LogP contribution in [0.15, 0.2) is 66.7 Å². The number of anilines is 1. The maximum Gasteiger partial charge on any atom is 0.338 e. The van der Waals surface area contributed by atoms with Gasteiger partial charge in [0.15, 0.2) is 12.4 Å². The minimum absolute atomic E-state index is 0.201. The average molecular weight is 389 g/mol. The van der Waals surface area contributed by atoms with Crippen molar-refractivity contribution >= 4 is 29.3 Å². The molecule has 2 aromatic rings. The number of Topliss-reactive ketones (excluding diaryl/α,β-unsaturated/α-hetero) is 1. The van der Waals surface area contributed by atoms with Gasteiger partial charge in [-0.2, -0.15) is 0 Å². The number of fused-ring (bicyclic) bond motifs is 1. The van der Waals surface area contributed by atoms with Crippen LogP contribution < -0.4 is 4.90 Å². The Morgan fingerprint density at radius 2 is 1.41 bits per heavy atom. The second-order valence-electron chi connectivity index (χ2n) is 7.08. The van der Waals surface area contributed by atoms with E-state index >= 15 is 0 Å². The molecule has 0 radical (unpaired) electrons. The summed E-state index contributed by atoms with van der Waals surface area (Å²) in [4.78, 5) is 50.7. The van der Waals surface area contributed by atoms with Gasteiger partial charge in [-0.25, -0.2) is 4.79 Å². The quantitative estimate of drug-likeness (QED) is 0.340. The third-order valence-corrected chi connectivity index (χ3v) is 5.30. The van der Waals surface area contributed by atoms with E-state index in [1.165, 1.54) is 17.0 Å². The second kappa shape index (κ2) is 7.83. The molecule has 0 N–H and O–H groups in total. The number of ether oxygens (including phenoxy) is 1. The van der Waals surface area contributed by atoms with E-state index in [-0.39, 0.29) is 41.6 Å². The summed E-state index contributed by atoms with van der Waals surface area (Å²) >= 11 is 0. The summed E-state index contributed by atoms with van der Waals surface area (Å²) in [5.74, 6) is -1.94. The minimum Gasteiger partial charge on any atom is -0.454 e. The maximum atomic E-state index is 12.6. The highest BCUT2D eigenvalue weighted by molar-refractivity contribution is 6.22. The zero-order chi connectivity index (χ0) is 20.4. The maximum absolute atomic E-state index is 12.6. The van der Waals surface area contributed by atoms with E-state index in [2.05, 4.69) is 0 Å². The number of allylic oxidation sites excluding steroid dienone is 2. The number of ketones is 1. The molecule has 1 saturated heterocycles. The molecule has 6 heteroatoms. The molecule has 1 aliphatic heterocycles. The van der Waals surface area contributed by atoms with Gasteiger partial charge in [-0.1, -0.05) is 42.5 Å². The van der Waals surface area contributed by atoms with Gasteiger partial charge in [0.25, 0.3) is 0 Å². The third-order valence-electron chi connectivity index (χ3n) is 5.30. The van der Waals surface area contributed by atoms with Crippen LogP contribution in [-0.4, -0.2) is 30.2 Å². The molecule has 2 atom stereocenters. The molecule has 1 aliphatic carbocycles. The van der Waals surface area contributed by atoms with Crippen LogP contribution in [0.5, 0.6) is 0 Å². The lowest BCUT2D eigenvalue weighted by Gasteiger charge is -2.15. The highest BCUT2D eigenvalue weighted by Gasteiger charge is 2.47.